The third-order valence-electron chi connectivity index (χ3n) is 6.64. The summed E-state index contributed by atoms with van der Waals surface area (Å²) in [7, 11) is 2.30. The quantitative estimate of drug-likeness (QED) is 0.825. The number of rotatable bonds is 4. The molecule has 0 aliphatic carbocycles. The average molecular weight is 335 g/mol. The van der Waals surface area contributed by atoms with Gasteiger partial charge >= 0.3 is 0 Å². The highest BCUT2D eigenvalue weighted by Gasteiger charge is 2.52. The minimum atomic E-state index is 0.378. The predicted molar refractivity (Wildman–Crippen MR) is 105 cm³/mol. The van der Waals surface area contributed by atoms with Crippen LogP contribution in [-0.4, -0.2) is 43.0 Å². The summed E-state index contributed by atoms with van der Waals surface area (Å²) in [6.45, 7) is 8.48. The van der Waals surface area contributed by atoms with E-state index >= 15 is 0 Å². The van der Waals surface area contributed by atoms with Crippen molar-refractivity contribution in [1.29, 1.82) is 0 Å². The molecular formula is C23H30N2. The Labute approximate surface area is 152 Å². The van der Waals surface area contributed by atoms with Crippen LogP contribution in [0.2, 0.25) is 0 Å². The molecule has 0 N–H and O–H groups in total. The second-order valence-electron chi connectivity index (χ2n) is 8.24. The van der Waals surface area contributed by atoms with Gasteiger partial charge in [-0.05, 0) is 43.0 Å². The molecule has 2 heterocycles. The van der Waals surface area contributed by atoms with Gasteiger partial charge in [-0.15, -0.1) is 0 Å². The zero-order valence-corrected chi connectivity index (χ0v) is 15.6. The fraction of sp³-hybridized carbons (Fsp3) is 0.478. The fourth-order valence-corrected chi connectivity index (χ4v) is 5.28. The Kier molecular flexibility index (Phi) is 4.66. The Morgan fingerprint density at radius 1 is 1.00 bits per heavy atom. The monoisotopic (exact) mass is 334 g/mol. The van der Waals surface area contributed by atoms with E-state index in [0.717, 1.165) is 12.5 Å². The standard InChI is InChI=1S/C23H30N2/c1-19(21-11-7-4-8-12-21)23-17-24(2)14-13-22(23)16-25(18-23)15-20-9-5-3-6-10-20/h3-12,19,22H,13-18H2,1-2H3. The molecule has 2 heteroatoms. The molecule has 0 bridgehead atoms. The number of likely N-dealkylation sites (tertiary alicyclic amines) is 2. The van der Waals surface area contributed by atoms with Gasteiger partial charge in [0, 0.05) is 31.6 Å². The van der Waals surface area contributed by atoms with E-state index in [4.69, 9.17) is 0 Å². The molecule has 3 unspecified atom stereocenters. The van der Waals surface area contributed by atoms with Gasteiger partial charge in [0.25, 0.3) is 0 Å². The molecule has 3 atom stereocenters. The van der Waals surface area contributed by atoms with Crippen LogP contribution in [0, 0.1) is 11.3 Å². The van der Waals surface area contributed by atoms with Crippen LogP contribution < -0.4 is 0 Å². The van der Waals surface area contributed by atoms with E-state index in [9.17, 15) is 0 Å². The Hall–Kier alpha value is -1.64. The number of hydrogen-bond acceptors (Lipinski definition) is 2. The number of hydrogen-bond donors (Lipinski definition) is 0. The molecule has 0 spiro atoms. The van der Waals surface area contributed by atoms with E-state index in [0.29, 0.717) is 11.3 Å². The van der Waals surface area contributed by atoms with Crippen LogP contribution in [0.3, 0.4) is 0 Å². The summed E-state index contributed by atoms with van der Waals surface area (Å²) in [5.74, 6) is 1.41. The zero-order chi connectivity index (χ0) is 17.3. The van der Waals surface area contributed by atoms with Crippen molar-refractivity contribution in [2.75, 3.05) is 33.2 Å². The maximum absolute atomic E-state index is 2.71. The molecule has 132 valence electrons. The molecule has 2 aliphatic heterocycles. The molecule has 25 heavy (non-hydrogen) atoms. The summed E-state index contributed by atoms with van der Waals surface area (Å²) in [6.07, 6.45) is 1.33. The smallest absolute Gasteiger partial charge is 0.0234 e. The van der Waals surface area contributed by atoms with Crippen LogP contribution in [0.4, 0.5) is 0 Å². The summed E-state index contributed by atoms with van der Waals surface area (Å²) in [4.78, 5) is 5.26. The lowest BCUT2D eigenvalue weighted by Gasteiger charge is -2.47. The van der Waals surface area contributed by atoms with Crippen molar-refractivity contribution >= 4 is 0 Å². The van der Waals surface area contributed by atoms with E-state index in [1.165, 1.54) is 43.7 Å². The van der Waals surface area contributed by atoms with Crippen molar-refractivity contribution in [2.45, 2.75) is 25.8 Å². The molecule has 2 nitrogen and oxygen atoms in total. The minimum Gasteiger partial charge on any atom is -0.306 e. The van der Waals surface area contributed by atoms with E-state index in [1.807, 2.05) is 0 Å². The minimum absolute atomic E-state index is 0.378. The van der Waals surface area contributed by atoms with Crippen LogP contribution in [-0.2, 0) is 6.54 Å². The SMILES string of the molecule is CC(c1ccccc1)C12CN(C)CCC1CN(Cc1ccccc1)C2. The van der Waals surface area contributed by atoms with Crippen LogP contribution in [0.5, 0.6) is 0 Å². The highest BCUT2D eigenvalue weighted by atomic mass is 15.2. The van der Waals surface area contributed by atoms with Crippen LogP contribution in [0.1, 0.15) is 30.4 Å². The number of nitrogens with zero attached hydrogens (tertiary/aromatic N) is 2. The van der Waals surface area contributed by atoms with Gasteiger partial charge in [-0.1, -0.05) is 67.6 Å². The summed E-state index contributed by atoms with van der Waals surface area (Å²) < 4.78 is 0. The lowest BCUT2D eigenvalue weighted by Crippen LogP contribution is -2.50. The highest BCUT2D eigenvalue weighted by molar-refractivity contribution is 5.25. The van der Waals surface area contributed by atoms with Gasteiger partial charge in [-0.25, -0.2) is 0 Å². The first-order valence-electron chi connectivity index (χ1n) is 9.67. The van der Waals surface area contributed by atoms with Crippen LogP contribution >= 0.6 is 0 Å². The second-order valence-corrected chi connectivity index (χ2v) is 8.24. The molecule has 2 aromatic carbocycles. The average Bonchev–Trinajstić information content (AvgIpc) is 3.01. The van der Waals surface area contributed by atoms with Crippen molar-refractivity contribution in [2.24, 2.45) is 11.3 Å². The molecular weight excluding hydrogens is 304 g/mol. The van der Waals surface area contributed by atoms with Gasteiger partial charge in [0.05, 0.1) is 0 Å². The summed E-state index contributed by atoms with van der Waals surface area (Å²) in [5, 5.41) is 0. The molecule has 0 aromatic heterocycles. The zero-order valence-electron chi connectivity index (χ0n) is 15.6. The van der Waals surface area contributed by atoms with Gasteiger partial charge in [-0.2, -0.15) is 0 Å². The normalized spacial score (nSPS) is 28.6. The van der Waals surface area contributed by atoms with Crippen molar-refractivity contribution < 1.29 is 0 Å². The van der Waals surface area contributed by atoms with E-state index < -0.39 is 0 Å². The number of piperidine rings is 1. The van der Waals surface area contributed by atoms with Crippen molar-refractivity contribution in [3.63, 3.8) is 0 Å². The van der Waals surface area contributed by atoms with Crippen molar-refractivity contribution in [3.8, 4) is 0 Å². The summed E-state index contributed by atoms with van der Waals surface area (Å²) in [5.41, 5.74) is 3.32. The maximum Gasteiger partial charge on any atom is 0.0234 e. The van der Waals surface area contributed by atoms with E-state index in [2.05, 4.69) is 84.4 Å². The third-order valence-corrected chi connectivity index (χ3v) is 6.64. The Bertz CT molecular complexity index is 684. The third kappa shape index (κ3) is 3.26. The first-order valence-corrected chi connectivity index (χ1v) is 9.67. The van der Waals surface area contributed by atoms with Gasteiger partial charge in [0.1, 0.15) is 0 Å². The van der Waals surface area contributed by atoms with Gasteiger partial charge < -0.3 is 4.90 Å². The molecule has 2 aliphatic rings. The summed E-state index contributed by atoms with van der Waals surface area (Å²) in [6, 6.07) is 22.1. The molecule has 2 fully saturated rings. The first-order chi connectivity index (χ1) is 12.2. The van der Waals surface area contributed by atoms with E-state index in [-0.39, 0.29) is 0 Å². The highest BCUT2D eigenvalue weighted by Crippen LogP contribution is 2.51. The number of fused-ring (bicyclic) bond motifs is 1. The maximum atomic E-state index is 2.71. The van der Waals surface area contributed by atoms with Gasteiger partial charge in [0.2, 0.25) is 0 Å². The summed E-state index contributed by atoms with van der Waals surface area (Å²) >= 11 is 0. The van der Waals surface area contributed by atoms with Crippen LogP contribution in [0.25, 0.3) is 0 Å². The number of benzene rings is 2. The molecule has 0 saturated carbocycles. The topological polar surface area (TPSA) is 6.48 Å². The lowest BCUT2D eigenvalue weighted by molar-refractivity contribution is 0.0558. The Morgan fingerprint density at radius 2 is 1.68 bits per heavy atom. The molecule has 2 saturated heterocycles. The Morgan fingerprint density at radius 3 is 2.40 bits per heavy atom. The molecule has 0 radical (unpaired) electrons. The van der Waals surface area contributed by atoms with Crippen LogP contribution in [0.15, 0.2) is 60.7 Å². The second kappa shape index (κ2) is 6.93. The van der Waals surface area contributed by atoms with Gasteiger partial charge in [0.15, 0.2) is 0 Å². The molecule has 4 rings (SSSR count). The molecule has 0 amide bonds. The largest absolute Gasteiger partial charge is 0.306 e. The first kappa shape index (κ1) is 16.8. The van der Waals surface area contributed by atoms with E-state index in [1.54, 1.807) is 0 Å². The lowest BCUT2D eigenvalue weighted by atomic mass is 9.64. The fourth-order valence-electron chi connectivity index (χ4n) is 5.28. The Balaban J connectivity index is 1.60. The predicted octanol–water partition coefficient (Wildman–Crippen LogP) is 4.24. The van der Waals surface area contributed by atoms with Gasteiger partial charge in [-0.3, -0.25) is 4.90 Å². The molecule has 2 aromatic rings. The van der Waals surface area contributed by atoms with Crippen molar-refractivity contribution in [3.05, 3.63) is 71.8 Å². The van der Waals surface area contributed by atoms with Crippen molar-refractivity contribution in [1.82, 2.24) is 9.80 Å².